The first-order valence-electron chi connectivity index (χ1n) is 9.18. The Labute approximate surface area is 153 Å². The van der Waals surface area contributed by atoms with Crippen molar-refractivity contribution in [3.8, 4) is 11.5 Å². The number of aromatic nitrogens is 3. The van der Waals surface area contributed by atoms with Gasteiger partial charge in [-0.15, -0.1) is 0 Å². The lowest BCUT2D eigenvalue weighted by Crippen LogP contribution is -2.44. The molecular formula is C17H23N5O3S. The average molecular weight is 377 g/mol. The van der Waals surface area contributed by atoms with Crippen molar-refractivity contribution in [1.82, 2.24) is 23.7 Å². The van der Waals surface area contributed by atoms with Crippen molar-refractivity contribution in [2.75, 3.05) is 19.6 Å². The first-order valence-corrected chi connectivity index (χ1v) is 10.6. The summed E-state index contributed by atoms with van der Waals surface area (Å²) in [5.74, 6) is 0.737. The van der Waals surface area contributed by atoms with E-state index >= 15 is 0 Å². The summed E-state index contributed by atoms with van der Waals surface area (Å²) in [7, 11) is -3.51. The summed E-state index contributed by atoms with van der Waals surface area (Å²) in [6.07, 6.45) is 7.16. The van der Waals surface area contributed by atoms with E-state index in [1.807, 2.05) is 12.1 Å². The summed E-state index contributed by atoms with van der Waals surface area (Å²) in [6.45, 7) is 1.67. The van der Waals surface area contributed by atoms with E-state index in [2.05, 4.69) is 15.1 Å². The molecule has 0 amide bonds. The maximum Gasteiger partial charge on any atom is 0.282 e. The van der Waals surface area contributed by atoms with Crippen LogP contribution in [0.5, 0.6) is 0 Å². The van der Waals surface area contributed by atoms with E-state index < -0.39 is 16.3 Å². The zero-order chi connectivity index (χ0) is 18.0. The summed E-state index contributed by atoms with van der Waals surface area (Å²) in [5.41, 5.74) is 0.613. The highest BCUT2D eigenvalue weighted by Crippen LogP contribution is 2.35. The van der Waals surface area contributed by atoms with Crippen molar-refractivity contribution in [3.63, 3.8) is 0 Å². The fourth-order valence-corrected chi connectivity index (χ4v) is 5.55. The predicted octanol–water partition coefficient (Wildman–Crippen LogP) is 2.39. The Bertz CT molecular complexity index is 831. The fraction of sp³-hybridized carbons (Fsp3) is 0.588. The molecule has 0 spiro atoms. The molecule has 140 valence electrons. The normalized spacial score (nSPS) is 23.2. The second-order valence-electron chi connectivity index (χ2n) is 6.76. The molecule has 4 rings (SSSR count). The van der Waals surface area contributed by atoms with E-state index in [1.165, 1.54) is 4.31 Å². The molecule has 1 atom stereocenters. The van der Waals surface area contributed by atoms with Crippen molar-refractivity contribution in [1.29, 1.82) is 0 Å². The van der Waals surface area contributed by atoms with Crippen LogP contribution in [-0.4, -0.2) is 51.8 Å². The van der Waals surface area contributed by atoms with Crippen LogP contribution in [0.2, 0.25) is 0 Å². The molecule has 2 aromatic heterocycles. The van der Waals surface area contributed by atoms with Gasteiger partial charge >= 0.3 is 0 Å². The van der Waals surface area contributed by atoms with Crippen LogP contribution >= 0.6 is 0 Å². The van der Waals surface area contributed by atoms with Crippen LogP contribution in [0.3, 0.4) is 0 Å². The van der Waals surface area contributed by atoms with Gasteiger partial charge in [0.1, 0.15) is 11.7 Å². The van der Waals surface area contributed by atoms with E-state index in [-0.39, 0.29) is 0 Å². The summed E-state index contributed by atoms with van der Waals surface area (Å²) in [6, 6.07) is 5.07. The van der Waals surface area contributed by atoms with Gasteiger partial charge in [-0.2, -0.15) is 22.0 Å². The lowest BCUT2D eigenvalue weighted by atomic mass is 10.2. The topological polar surface area (TPSA) is 92.4 Å². The molecule has 4 heterocycles. The number of pyridine rings is 1. The SMILES string of the molecule is O=S(=O)(N1CCCCCC1)N1CCCC1c1nc(-c2ccccn2)no1. The maximum absolute atomic E-state index is 13.2. The van der Waals surface area contributed by atoms with Gasteiger partial charge in [0.05, 0.1) is 0 Å². The van der Waals surface area contributed by atoms with Crippen LogP contribution in [-0.2, 0) is 10.2 Å². The van der Waals surface area contributed by atoms with Crippen LogP contribution in [0.15, 0.2) is 28.9 Å². The van der Waals surface area contributed by atoms with Gasteiger partial charge in [0.15, 0.2) is 0 Å². The van der Waals surface area contributed by atoms with Crippen LogP contribution in [0, 0.1) is 0 Å². The van der Waals surface area contributed by atoms with E-state index in [9.17, 15) is 8.42 Å². The molecule has 2 fully saturated rings. The molecule has 0 aromatic carbocycles. The van der Waals surface area contributed by atoms with E-state index in [4.69, 9.17) is 4.52 Å². The minimum Gasteiger partial charge on any atom is -0.337 e. The van der Waals surface area contributed by atoms with Gasteiger partial charge < -0.3 is 4.52 Å². The van der Waals surface area contributed by atoms with Gasteiger partial charge in [0.2, 0.25) is 11.7 Å². The van der Waals surface area contributed by atoms with E-state index in [0.29, 0.717) is 43.5 Å². The van der Waals surface area contributed by atoms with Crippen LogP contribution in [0.1, 0.15) is 50.5 Å². The molecule has 2 aromatic rings. The lowest BCUT2D eigenvalue weighted by molar-refractivity contribution is 0.272. The molecular weight excluding hydrogens is 354 g/mol. The summed E-state index contributed by atoms with van der Waals surface area (Å²) >= 11 is 0. The Morgan fingerprint density at radius 2 is 1.85 bits per heavy atom. The minimum absolute atomic E-state index is 0.349. The third kappa shape index (κ3) is 3.38. The Morgan fingerprint density at radius 3 is 2.58 bits per heavy atom. The molecule has 0 aliphatic carbocycles. The molecule has 0 radical (unpaired) electrons. The molecule has 2 saturated heterocycles. The lowest BCUT2D eigenvalue weighted by Gasteiger charge is -2.28. The number of nitrogens with zero attached hydrogens (tertiary/aromatic N) is 5. The molecule has 1 unspecified atom stereocenters. The third-order valence-corrected chi connectivity index (χ3v) is 7.06. The van der Waals surface area contributed by atoms with Gasteiger partial charge in [-0.25, -0.2) is 0 Å². The molecule has 8 nitrogen and oxygen atoms in total. The van der Waals surface area contributed by atoms with Crippen molar-refractivity contribution in [3.05, 3.63) is 30.3 Å². The van der Waals surface area contributed by atoms with Crippen LogP contribution in [0.4, 0.5) is 0 Å². The quantitative estimate of drug-likeness (QED) is 0.812. The molecule has 9 heteroatoms. The van der Waals surface area contributed by atoms with Crippen molar-refractivity contribution in [2.45, 2.75) is 44.6 Å². The maximum atomic E-state index is 13.2. The summed E-state index contributed by atoms with van der Waals surface area (Å²) in [4.78, 5) is 8.64. The van der Waals surface area contributed by atoms with Gasteiger partial charge in [-0.05, 0) is 37.8 Å². The van der Waals surface area contributed by atoms with Crippen molar-refractivity contribution in [2.24, 2.45) is 0 Å². The summed E-state index contributed by atoms with van der Waals surface area (Å²) in [5, 5.41) is 3.99. The highest BCUT2D eigenvalue weighted by Gasteiger charge is 2.41. The zero-order valence-electron chi connectivity index (χ0n) is 14.6. The van der Waals surface area contributed by atoms with Gasteiger partial charge in [0, 0.05) is 25.8 Å². The Kier molecular flexibility index (Phi) is 5.01. The van der Waals surface area contributed by atoms with Crippen LogP contribution < -0.4 is 0 Å². The number of hydrogen-bond acceptors (Lipinski definition) is 6. The van der Waals surface area contributed by atoms with Gasteiger partial charge in [-0.3, -0.25) is 4.98 Å². The van der Waals surface area contributed by atoms with E-state index in [1.54, 1.807) is 16.6 Å². The first-order chi connectivity index (χ1) is 12.7. The molecule has 0 bridgehead atoms. The smallest absolute Gasteiger partial charge is 0.282 e. The zero-order valence-corrected chi connectivity index (χ0v) is 15.4. The predicted molar refractivity (Wildman–Crippen MR) is 95.2 cm³/mol. The first kappa shape index (κ1) is 17.6. The number of rotatable bonds is 4. The second kappa shape index (κ2) is 7.42. The molecule has 2 aliphatic heterocycles. The van der Waals surface area contributed by atoms with Gasteiger partial charge in [0.25, 0.3) is 10.2 Å². The average Bonchev–Trinajstić information content (AvgIpc) is 3.25. The van der Waals surface area contributed by atoms with Crippen molar-refractivity contribution < 1.29 is 12.9 Å². The summed E-state index contributed by atoms with van der Waals surface area (Å²) < 4.78 is 34.9. The number of hydrogen-bond donors (Lipinski definition) is 0. The molecule has 2 aliphatic rings. The van der Waals surface area contributed by atoms with E-state index in [0.717, 1.165) is 32.1 Å². The molecule has 0 N–H and O–H groups in total. The largest absolute Gasteiger partial charge is 0.337 e. The van der Waals surface area contributed by atoms with Crippen LogP contribution in [0.25, 0.3) is 11.5 Å². The molecule has 26 heavy (non-hydrogen) atoms. The van der Waals surface area contributed by atoms with Gasteiger partial charge in [-0.1, -0.05) is 24.1 Å². The third-order valence-electron chi connectivity index (χ3n) is 5.01. The molecule has 0 saturated carbocycles. The Balaban J connectivity index is 1.58. The minimum atomic E-state index is -3.51. The fourth-order valence-electron chi connectivity index (χ4n) is 3.65. The highest BCUT2D eigenvalue weighted by molar-refractivity contribution is 7.86. The monoisotopic (exact) mass is 377 g/mol. The van der Waals surface area contributed by atoms with Crippen molar-refractivity contribution >= 4 is 10.2 Å². The standard InChI is InChI=1S/C17H23N5O3S/c23-26(24,21-11-5-1-2-6-12-21)22-13-7-9-15(22)17-19-16(20-25-17)14-8-3-4-10-18-14/h3-4,8,10,15H,1-2,5-7,9,11-13H2. The Hall–Kier alpha value is -1.84. The Morgan fingerprint density at radius 1 is 1.04 bits per heavy atom. The highest BCUT2D eigenvalue weighted by atomic mass is 32.2. The second-order valence-corrected chi connectivity index (χ2v) is 8.64.